The van der Waals surface area contributed by atoms with E-state index in [4.69, 9.17) is 9.15 Å². The summed E-state index contributed by atoms with van der Waals surface area (Å²) in [6.07, 6.45) is 2.08. The van der Waals surface area contributed by atoms with Gasteiger partial charge in [0, 0.05) is 18.1 Å². The summed E-state index contributed by atoms with van der Waals surface area (Å²) in [6.45, 7) is 1.92. The van der Waals surface area contributed by atoms with Crippen LogP contribution in [0.15, 0.2) is 50.9 Å². The van der Waals surface area contributed by atoms with Gasteiger partial charge in [0.1, 0.15) is 22.3 Å². The highest BCUT2D eigenvalue weighted by atomic mass is 32.2. The summed E-state index contributed by atoms with van der Waals surface area (Å²) < 4.78 is 10.4. The summed E-state index contributed by atoms with van der Waals surface area (Å²) in [5, 5.41) is 16.5. The minimum Gasteiger partial charge on any atom is -0.477 e. The second-order valence-corrected chi connectivity index (χ2v) is 6.62. The number of aromatic nitrogens is 3. The lowest BCUT2D eigenvalue weighted by Gasteiger charge is -2.01. The van der Waals surface area contributed by atoms with Crippen LogP contribution in [0.4, 0.5) is 0 Å². The van der Waals surface area contributed by atoms with Crippen molar-refractivity contribution in [1.29, 1.82) is 0 Å². The van der Waals surface area contributed by atoms with Crippen molar-refractivity contribution < 1.29 is 23.8 Å². The zero-order chi connectivity index (χ0) is 20.1. The van der Waals surface area contributed by atoms with Gasteiger partial charge in [-0.25, -0.2) is 14.6 Å². The van der Waals surface area contributed by atoms with Gasteiger partial charge < -0.3 is 14.3 Å². The number of H-pyrrole nitrogens is 1. The van der Waals surface area contributed by atoms with Crippen molar-refractivity contribution in [2.45, 2.75) is 18.5 Å². The number of nitrogens with one attached hydrogen (secondary N) is 1. The average Bonchev–Trinajstić information content (AvgIpc) is 3.36. The summed E-state index contributed by atoms with van der Waals surface area (Å²) in [7, 11) is 1.31. The molecule has 0 unspecified atom stereocenters. The maximum Gasteiger partial charge on any atom is 0.342 e. The minimum atomic E-state index is -1.11. The molecule has 0 saturated carbocycles. The van der Waals surface area contributed by atoms with Crippen molar-refractivity contribution in [2.75, 3.05) is 7.11 Å². The van der Waals surface area contributed by atoms with Crippen LogP contribution in [0, 0.1) is 0 Å². The van der Waals surface area contributed by atoms with Crippen LogP contribution >= 0.6 is 11.8 Å². The van der Waals surface area contributed by atoms with Crippen molar-refractivity contribution in [3.05, 3.63) is 58.5 Å². The molecule has 144 valence electrons. The van der Waals surface area contributed by atoms with Crippen molar-refractivity contribution in [3.8, 4) is 11.3 Å². The quantitative estimate of drug-likeness (QED) is 0.351. The van der Waals surface area contributed by atoms with E-state index >= 15 is 0 Å². The molecule has 0 spiro atoms. The number of hydrogen-bond acceptors (Lipinski definition) is 7. The van der Waals surface area contributed by atoms with Crippen LogP contribution in [0.2, 0.25) is 0 Å². The van der Waals surface area contributed by atoms with Gasteiger partial charge in [-0.2, -0.15) is 0 Å². The lowest BCUT2D eigenvalue weighted by atomic mass is 10.1. The number of hydrogen-bond donors (Lipinski definition) is 2. The fourth-order valence-corrected chi connectivity index (χ4v) is 3.05. The van der Waals surface area contributed by atoms with E-state index in [1.54, 1.807) is 36.4 Å². The van der Waals surface area contributed by atoms with Gasteiger partial charge in [-0.1, -0.05) is 19.1 Å². The number of furan rings is 1. The van der Waals surface area contributed by atoms with E-state index < -0.39 is 11.9 Å². The molecule has 8 nitrogen and oxygen atoms in total. The van der Waals surface area contributed by atoms with Gasteiger partial charge in [0.15, 0.2) is 0 Å². The van der Waals surface area contributed by atoms with E-state index in [-0.39, 0.29) is 4.91 Å². The molecule has 0 atom stereocenters. The minimum absolute atomic E-state index is 0.0193. The molecule has 0 saturated heterocycles. The zero-order valence-corrected chi connectivity index (χ0v) is 15.9. The lowest BCUT2D eigenvalue weighted by Crippen LogP contribution is -2.00. The third-order valence-electron chi connectivity index (χ3n) is 3.73. The highest BCUT2D eigenvalue weighted by Crippen LogP contribution is 2.29. The molecule has 3 aromatic rings. The number of carbonyl (C=O) groups is 2. The van der Waals surface area contributed by atoms with Gasteiger partial charge in [-0.15, -0.1) is 5.10 Å². The first-order valence-corrected chi connectivity index (χ1v) is 9.14. The predicted octanol–water partition coefficient (Wildman–Crippen LogP) is 3.63. The zero-order valence-electron chi connectivity index (χ0n) is 15.1. The Hall–Kier alpha value is -3.33. The van der Waals surface area contributed by atoms with Crippen molar-refractivity contribution in [3.63, 3.8) is 0 Å². The highest BCUT2D eigenvalue weighted by Gasteiger charge is 2.15. The van der Waals surface area contributed by atoms with Gasteiger partial charge >= 0.3 is 11.9 Å². The number of ether oxygens (including phenoxy) is 1. The normalized spacial score (nSPS) is 11.4. The Morgan fingerprint density at radius 2 is 2.14 bits per heavy atom. The number of carboxylic acid groups (broad SMARTS) is 1. The molecule has 2 aromatic heterocycles. The molecule has 0 amide bonds. The molecule has 1 aromatic carbocycles. The standard InChI is InChI=1S/C19H17N3O5S/c1-3-16-20-19(22-21-16)28-15(17(23)24)10-13-7-8-14(27-13)11-5-4-6-12(9-11)18(25)26-2/h4-10H,3H2,1-2H3,(H,23,24)(H,20,21,22)/b15-10+. The summed E-state index contributed by atoms with van der Waals surface area (Å²) in [5.74, 6) is -0.0277. The first kappa shape index (κ1) is 19.4. The largest absolute Gasteiger partial charge is 0.477 e. The van der Waals surface area contributed by atoms with Gasteiger partial charge in [0.05, 0.1) is 12.7 Å². The molecule has 0 aliphatic heterocycles. The van der Waals surface area contributed by atoms with Gasteiger partial charge in [-0.3, -0.25) is 5.10 Å². The van der Waals surface area contributed by atoms with E-state index in [9.17, 15) is 14.7 Å². The van der Waals surface area contributed by atoms with Crippen LogP contribution in [-0.4, -0.2) is 39.3 Å². The number of methoxy groups -OCH3 is 1. The van der Waals surface area contributed by atoms with Gasteiger partial charge in [0.2, 0.25) is 5.16 Å². The lowest BCUT2D eigenvalue weighted by molar-refractivity contribution is -0.131. The number of carboxylic acids is 1. The van der Waals surface area contributed by atoms with Gasteiger partial charge in [0.25, 0.3) is 0 Å². The molecular weight excluding hydrogens is 382 g/mol. The van der Waals surface area contributed by atoms with E-state index in [2.05, 4.69) is 15.2 Å². The first-order chi connectivity index (χ1) is 13.5. The number of rotatable bonds is 7. The van der Waals surface area contributed by atoms with E-state index in [0.717, 1.165) is 11.8 Å². The maximum atomic E-state index is 11.7. The number of nitrogens with zero attached hydrogens (tertiary/aromatic N) is 2. The van der Waals surface area contributed by atoms with Crippen LogP contribution in [0.3, 0.4) is 0 Å². The van der Waals surface area contributed by atoms with E-state index in [0.29, 0.717) is 40.0 Å². The molecule has 2 heterocycles. The van der Waals surface area contributed by atoms with Crippen LogP contribution in [0.25, 0.3) is 17.4 Å². The van der Waals surface area contributed by atoms with Crippen molar-refractivity contribution in [1.82, 2.24) is 15.2 Å². The fraction of sp³-hybridized carbons (Fsp3) is 0.158. The Balaban J connectivity index is 1.85. The molecule has 0 aliphatic rings. The van der Waals surface area contributed by atoms with Crippen molar-refractivity contribution >= 4 is 29.8 Å². The predicted molar refractivity (Wildman–Crippen MR) is 103 cm³/mol. The Kier molecular flexibility index (Phi) is 5.95. The molecule has 0 radical (unpaired) electrons. The molecule has 0 aliphatic carbocycles. The maximum absolute atomic E-state index is 11.7. The Morgan fingerprint density at radius 3 is 2.82 bits per heavy atom. The third-order valence-corrected chi connectivity index (χ3v) is 4.60. The SMILES string of the molecule is CCc1nc(S/C(=C/c2ccc(-c3cccc(C(=O)OC)c3)o2)C(=O)O)n[nH]1. The van der Waals surface area contributed by atoms with Crippen LogP contribution in [0.1, 0.15) is 28.9 Å². The monoisotopic (exact) mass is 399 g/mol. The average molecular weight is 399 g/mol. The molecular formula is C19H17N3O5S. The summed E-state index contributed by atoms with van der Waals surface area (Å²) in [4.78, 5) is 27.5. The number of carbonyl (C=O) groups excluding carboxylic acids is 1. The molecule has 0 fully saturated rings. The van der Waals surface area contributed by atoms with Crippen LogP contribution in [-0.2, 0) is 16.0 Å². The van der Waals surface area contributed by atoms with Gasteiger partial charge in [-0.05, 0) is 36.0 Å². The summed E-state index contributed by atoms with van der Waals surface area (Å²) in [6, 6.07) is 10.1. The van der Waals surface area contributed by atoms with Crippen LogP contribution in [0.5, 0.6) is 0 Å². The third kappa shape index (κ3) is 4.49. The molecule has 3 rings (SSSR count). The summed E-state index contributed by atoms with van der Waals surface area (Å²) in [5.41, 5.74) is 1.07. The smallest absolute Gasteiger partial charge is 0.342 e. The second kappa shape index (κ2) is 8.57. The van der Waals surface area contributed by atoms with E-state index in [1.807, 2.05) is 6.92 Å². The topological polar surface area (TPSA) is 118 Å². The Morgan fingerprint density at radius 1 is 1.32 bits per heavy atom. The number of aryl methyl sites for hydroxylation is 1. The Bertz CT molecular complexity index is 1040. The number of thioether (sulfide) groups is 1. The molecule has 0 bridgehead atoms. The number of esters is 1. The molecule has 9 heteroatoms. The fourth-order valence-electron chi connectivity index (χ4n) is 2.35. The van der Waals surface area contributed by atoms with E-state index in [1.165, 1.54) is 13.2 Å². The summed E-state index contributed by atoms with van der Waals surface area (Å²) >= 11 is 0.929. The highest BCUT2D eigenvalue weighted by molar-refractivity contribution is 8.04. The number of aromatic amines is 1. The number of benzene rings is 1. The van der Waals surface area contributed by atoms with Crippen molar-refractivity contribution in [2.24, 2.45) is 0 Å². The molecule has 2 N–H and O–H groups in total. The van der Waals surface area contributed by atoms with Crippen LogP contribution < -0.4 is 0 Å². The second-order valence-electron chi connectivity index (χ2n) is 5.61. The Labute approximate surface area is 164 Å². The number of aliphatic carboxylic acids is 1. The first-order valence-electron chi connectivity index (χ1n) is 8.33. The molecule has 28 heavy (non-hydrogen) atoms.